The molecule has 0 radical (unpaired) electrons. The van der Waals surface area contributed by atoms with Crippen LogP contribution >= 0.6 is 11.6 Å². The number of fused-ring (bicyclic) bond motifs is 1. The summed E-state index contributed by atoms with van der Waals surface area (Å²) >= 11 is 6.10. The predicted octanol–water partition coefficient (Wildman–Crippen LogP) is 3.21. The summed E-state index contributed by atoms with van der Waals surface area (Å²) in [5.74, 6) is 0.253. The summed E-state index contributed by atoms with van der Waals surface area (Å²) in [6.07, 6.45) is 0.258. The molecule has 0 spiro atoms. The van der Waals surface area contributed by atoms with E-state index in [9.17, 15) is 9.59 Å². The maximum Gasteiger partial charge on any atom is 0.410 e. The summed E-state index contributed by atoms with van der Waals surface area (Å²) in [6.45, 7) is 7.32. The highest BCUT2D eigenvalue weighted by Crippen LogP contribution is 2.29. The Morgan fingerprint density at radius 1 is 1.34 bits per heavy atom. The molecule has 2 atom stereocenters. The Morgan fingerprint density at radius 2 is 2.07 bits per heavy atom. The zero-order chi connectivity index (χ0) is 24.0. The number of hydrogen-bond acceptors (Lipinski definition) is 6. The molecule has 0 bridgehead atoms. The van der Waals surface area contributed by atoms with Crippen LogP contribution in [0.4, 0.5) is 10.6 Å². The van der Waals surface area contributed by atoms with E-state index < -0.39 is 24.4 Å². The minimum absolute atomic E-state index is 0.124. The van der Waals surface area contributed by atoms with Crippen molar-refractivity contribution in [2.75, 3.05) is 18.0 Å². The van der Waals surface area contributed by atoms with Crippen LogP contribution in [0.2, 0.25) is 5.15 Å². The molecule has 8 nitrogen and oxygen atoms in total. The van der Waals surface area contributed by atoms with E-state index in [1.807, 2.05) is 39.5 Å². The molecule has 0 aliphatic carbocycles. The average Bonchev–Trinajstić information content (AvgIpc) is 2.65. The van der Waals surface area contributed by atoms with Crippen molar-refractivity contribution in [2.45, 2.75) is 58.7 Å². The number of halogens is 1. The molecule has 1 saturated heterocycles. The molecule has 1 fully saturated rings. The summed E-state index contributed by atoms with van der Waals surface area (Å²) in [5, 5.41) is 0.156. The third-order valence-electron chi connectivity index (χ3n) is 4.90. The molecular formula is C20H28ClN5O3. The molecule has 158 valence electrons. The summed E-state index contributed by atoms with van der Waals surface area (Å²) in [7, 11) is 0. The topological polar surface area (TPSA) is 80.6 Å². The van der Waals surface area contributed by atoms with Crippen molar-refractivity contribution in [1.82, 2.24) is 19.4 Å². The second-order valence-corrected chi connectivity index (χ2v) is 8.64. The van der Waals surface area contributed by atoms with Crippen LogP contribution in [0.3, 0.4) is 0 Å². The normalized spacial score (nSPS) is 22.2. The van der Waals surface area contributed by atoms with Gasteiger partial charge in [-0.1, -0.05) is 18.5 Å². The van der Waals surface area contributed by atoms with Crippen molar-refractivity contribution in [3.63, 3.8) is 0 Å². The molecule has 0 unspecified atom stereocenters. The summed E-state index contributed by atoms with van der Waals surface area (Å²) < 4.78 is 29.4. The van der Waals surface area contributed by atoms with E-state index in [0.29, 0.717) is 24.1 Å². The quantitative estimate of drug-likeness (QED) is 0.688. The Bertz CT molecular complexity index is 1080. The van der Waals surface area contributed by atoms with Crippen LogP contribution in [-0.4, -0.2) is 56.3 Å². The number of hydrogen-bond donors (Lipinski definition) is 0. The Balaban J connectivity index is 2.07. The molecule has 2 aromatic rings. The van der Waals surface area contributed by atoms with Gasteiger partial charge in [-0.2, -0.15) is 4.98 Å². The van der Waals surface area contributed by atoms with E-state index in [4.69, 9.17) is 20.5 Å². The number of carbonyl (C=O) groups is 1. The second-order valence-electron chi connectivity index (χ2n) is 8.25. The molecule has 3 heterocycles. The van der Waals surface area contributed by atoms with Gasteiger partial charge in [0.2, 0.25) is 0 Å². The number of carbonyl (C=O) groups excluding carboxylic acids is 1. The lowest BCUT2D eigenvalue weighted by molar-refractivity contribution is 0.0106. The molecule has 0 aromatic carbocycles. The Hall–Kier alpha value is -2.35. The largest absolute Gasteiger partial charge is 0.444 e. The lowest BCUT2D eigenvalue weighted by Gasteiger charge is -2.45. The summed E-state index contributed by atoms with van der Waals surface area (Å²) in [6, 6.07) is 2.48. The lowest BCUT2D eigenvalue weighted by atomic mass is 10.1. The minimum Gasteiger partial charge on any atom is -0.444 e. The molecular weight excluding hydrogens is 394 g/mol. The van der Waals surface area contributed by atoms with Crippen molar-refractivity contribution in [3.05, 3.63) is 27.8 Å². The van der Waals surface area contributed by atoms with Gasteiger partial charge in [0.1, 0.15) is 16.3 Å². The fourth-order valence-corrected chi connectivity index (χ4v) is 3.64. The first kappa shape index (κ1) is 17.5. The van der Waals surface area contributed by atoms with Gasteiger partial charge in [0.25, 0.3) is 0 Å². The van der Waals surface area contributed by atoms with Gasteiger partial charge >= 0.3 is 11.8 Å². The van der Waals surface area contributed by atoms with Crippen LogP contribution in [0.1, 0.15) is 45.2 Å². The maximum atomic E-state index is 12.8. The van der Waals surface area contributed by atoms with E-state index >= 15 is 0 Å². The molecule has 1 aliphatic heterocycles. The van der Waals surface area contributed by atoms with Crippen LogP contribution in [0.5, 0.6) is 0 Å². The van der Waals surface area contributed by atoms with Gasteiger partial charge in [-0.3, -0.25) is 4.57 Å². The van der Waals surface area contributed by atoms with Crippen LogP contribution < -0.4 is 10.6 Å². The highest BCUT2D eigenvalue weighted by Gasteiger charge is 2.37. The van der Waals surface area contributed by atoms with E-state index in [0.717, 1.165) is 0 Å². The van der Waals surface area contributed by atoms with Crippen LogP contribution in [0.25, 0.3) is 11.0 Å². The third kappa shape index (κ3) is 4.32. The van der Waals surface area contributed by atoms with Crippen molar-refractivity contribution < 1.29 is 13.6 Å². The Kier molecular flexibility index (Phi) is 4.72. The van der Waals surface area contributed by atoms with Gasteiger partial charge in [0.15, 0.2) is 5.82 Å². The predicted molar refractivity (Wildman–Crippen MR) is 114 cm³/mol. The summed E-state index contributed by atoms with van der Waals surface area (Å²) in [4.78, 5) is 37.5. The number of amides is 1. The standard InChI is InChI=1S/C20H28ClN5O3/c1-7-13-11-25(12(2)10-26(13)19(28)29-20(3,4)5)17-16-14(8-9-15(21)22-16)24(6)18(27)23-17/h8-9,12-13H,7,10-11H2,1-6H3/t12-,13+/m0/s1/i6D3. The molecule has 0 N–H and O–H groups in total. The van der Waals surface area contributed by atoms with E-state index in [1.165, 1.54) is 12.1 Å². The number of ether oxygens (including phenoxy) is 1. The number of aromatic nitrogens is 3. The first-order chi connectivity index (χ1) is 14.7. The van der Waals surface area contributed by atoms with Gasteiger partial charge in [-0.25, -0.2) is 14.6 Å². The van der Waals surface area contributed by atoms with Crippen molar-refractivity contribution in [2.24, 2.45) is 6.98 Å². The lowest BCUT2D eigenvalue weighted by Crippen LogP contribution is -2.60. The third-order valence-corrected chi connectivity index (χ3v) is 5.11. The van der Waals surface area contributed by atoms with Crippen molar-refractivity contribution in [3.8, 4) is 0 Å². The van der Waals surface area contributed by atoms with E-state index in [1.54, 1.807) is 4.90 Å². The number of aryl methyl sites for hydroxylation is 1. The fourth-order valence-electron chi connectivity index (χ4n) is 3.50. The number of rotatable bonds is 2. The van der Waals surface area contributed by atoms with Gasteiger partial charge in [-0.15, -0.1) is 0 Å². The highest BCUT2D eigenvalue weighted by atomic mass is 35.5. The van der Waals surface area contributed by atoms with E-state index in [-0.39, 0.29) is 34.1 Å². The zero-order valence-electron chi connectivity index (χ0n) is 20.3. The number of nitrogens with zero attached hydrogens (tertiary/aromatic N) is 5. The number of anilines is 1. The van der Waals surface area contributed by atoms with Crippen molar-refractivity contribution in [1.29, 1.82) is 0 Å². The van der Waals surface area contributed by atoms with Gasteiger partial charge in [-0.05, 0) is 46.2 Å². The highest BCUT2D eigenvalue weighted by molar-refractivity contribution is 6.29. The first-order valence-corrected chi connectivity index (χ1v) is 9.96. The molecule has 3 rings (SSSR count). The van der Waals surface area contributed by atoms with Gasteiger partial charge in [0, 0.05) is 30.2 Å². The number of piperazine rings is 1. The smallest absolute Gasteiger partial charge is 0.410 e. The fraction of sp³-hybridized carbons (Fsp3) is 0.600. The van der Waals surface area contributed by atoms with Crippen LogP contribution in [0, 0.1) is 0 Å². The summed E-state index contributed by atoms with van der Waals surface area (Å²) in [5.41, 5.74) is -1.17. The first-order valence-electron chi connectivity index (χ1n) is 11.1. The Labute approximate surface area is 179 Å². The molecule has 0 saturated carbocycles. The zero-order valence-corrected chi connectivity index (χ0v) is 18.0. The van der Waals surface area contributed by atoms with E-state index in [2.05, 4.69) is 9.97 Å². The average molecular weight is 425 g/mol. The van der Waals surface area contributed by atoms with Crippen LogP contribution in [-0.2, 0) is 11.7 Å². The molecule has 1 aliphatic rings. The Morgan fingerprint density at radius 3 is 2.69 bits per heavy atom. The van der Waals surface area contributed by atoms with Crippen LogP contribution in [0.15, 0.2) is 16.9 Å². The molecule has 29 heavy (non-hydrogen) atoms. The number of pyridine rings is 1. The molecule has 2 aromatic heterocycles. The maximum absolute atomic E-state index is 12.8. The SMILES string of the molecule is [2H]C([2H])([2H])n1c(=O)nc(N2C[C@@H](CC)N(C(=O)OC(C)(C)C)C[C@@H]2C)c2nc(Cl)ccc21. The van der Waals surface area contributed by atoms with Gasteiger partial charge in [0.05, 0.1) is 11.6 Å². The molecule has 9 heteroatoms. The molecule has 1 amide bonds. The monoisotopic (exact) mass is 424 g/mol. The van der Waals surface area contributed by atoms with Crippen molar-refractivity contribution >= 4 is 34.5 Å². The second kappa shape index (κ2) is 7.82. The minimum atomic E-state index is -2.72. The van der Waals surface area contributed by atoms with Gasteiger partial charge < -0.3 is 14.5 Å².